The molecule has 2 aliphatic carbocycles. The third kappa shape index (κ3) is 2.80. The van der Waals surface area contributed by atoms with Crippen LogP contribution in [-0.2, 0) is 14.8 Å². The average molecular weight is 261 g/mol. The van der Waals surface area contributed by atoms with E-state index in [-0.39, 0.29) is 11.2 Å². The Morgan fingerprint density at radius 3 is 2.47 bits per heavy atom. The highest BCUT2D eigenvalue weighted by molar-refractivity contribution is 7.89. The zero-order valence-corrected chi connectivity index (χ0v) is 10.8. The summed E-state index contributed by atoms with van der Waals surface area (Å²) in [5, 5.41) is 8.71. The highest BCUT2D eigenvalue weighted by atomic mass is 32.2. The first-order valence-corrected chi connectivity index (χ1v) is 7.70. The molecule has 5 nitrogen and oxygen atoms in total. The standard InChI is InChI=1S/C11H19NO4S/c1-8(10(13)14)12-17(15,16)7-11-4-2-9(6-11)3-5-11/h8-9,12H,2-7H2,1H3,(H,13,14)/t8-,9?,11?/m0/s1. The Hall–Kier alpha value is -0.620. The summed E-state index contributed by atoms with van der Waals surface area (Å²) >= 11 is 0. The number of nitrogens with one attached hydrogen (secondary N) is 1. The van der Waals surface area contributed by atoms with Crippen molar-refractivity contribution in [3.8, 4) is 0 Å². The third-order valence-electron chi connectivity index (χ3n) is 4.11. The predicted octanol–water partition coefficient (Wildman–Crippen LogP) is 0.959. The van der Waals surface area contributed by atoms with Crippen LogP contribution in [0.3, 0.4) is 0 Å². The molecule has 2 fully saturated rings. The lowest BCUT2D eigenvalue weighted by Crippen LogP contribution is -2.42. The minimum Gasteiger partial charge on any atom is -0.480 e. The van der Waals surface area contributed by atoms with Gasteiger partial charge in [0, 0.05) is 0 Å². The highest BCUT2D eigenvalue weighted by Crippen LogP contribution is 2.54. The zero-order valence-electron chi connectivity index (χ0n) is 9.98. The topological polar surface area (TPSA) is 83.5 Å². The Morgan fingerprint density at radius 1 is 1.47 bits per heavy atom. The van der Waals surface area contributed by atoms with Gasteiger partial charge in [-0.1, -0.05) is 0 Å². The molecule has 0 aromatic heterocycles. The van der Waals surface area contributed by atoms with Crippen LogP contribution in [0.5, 0.6) is 0 Å². The number of fused-ring (bicyclic) bond motifs is 2. The molecule has 17 heavy (non-hydrogen) atoms. The molecule has 0 amide bonds. The van der Waals surface area contributed by atoms with Crippen LogP contribution in [0.2, 0.25) is 0 Å². The van der Waals surface area contributed by atoms with Crippen LogP contribution in [0.4, 0.5) is 0 Å². The van der Waals surface area contributed by atoms with Crippen LogP contribution in [0.15, 0.2) is 0 Å². The molecule has 0 radical (unpaired) electrons. The quantitative estimate of drug-likeness (QED) is 0.772. The Balaban J connectivity index is 2.00. The molecule has 1 atom stereocenters. The van der Waals surface area contributed by atoms with Gasteiger partial charge in [-0.05, 0) is 50.4 Å². The number of carboxylic acid groups (broad SMARTS) is 1. The van der Waals surface area contributed by atoms with E-state index in [4.69, 9.17) is 5.11 Å². The van der Waals surface area contributed by atoms with Gasteiger partial charge in [0.2, 0.25) is 10.0 Å². The number of carbonyl (C=O) groups is 1. The van der Waals surface area contributed by atoms with Crippen molar-refractivity contribution in [1.82, 2.24) is 4.72 Å². The Labute approximate surface area is 102 Å². The number of carboxylic acids is 1. The fourth-order valence-electron chi connectivity index (χ4n) is 3.28. The lowest BCUT2D eigenvalue weighted by Gasteiger charge is -2.26. The summed E-state index contributed by atoms with van der Waals surface area (Å²) in [4.78, 5) is 10.6. The molecule has 2 rings (SSSR count). The van der Waals surface area contributed by atoms with Gasteiger partial charge in [0.05, 0.1) is 5.75 Å². The average Bonchev–Trinajstić information content (AvgIpc) is 2.74. The fraction of sp³-hybridized carbons (Fsp3) is 0.909. The summed E-state index contributed by atoms with van der Waals surface area (Å²) in [7, 11) is -3.48. The van der Waals surface area contributed by atoms with Gasteiger partial charge in [-0.15, -0.1) is 0 Å². The number of hydrogen-bond donors (Lipinski definition) is 2. The molecule has 0 heterocycles. The molecule has 2 aliphatic rings. The van der Waals surface area contributed by atoms with E-state index in [0.717, 1.165) is 32.1 Å². The largest absolute Gasteiger partial charge is 0.480 e. The van der Waals surface area contributed by atoms with Crippen molar-refractivity contribution >= 4 is 16.0 Å². The van der Waals surface area contributed by atoms with E-state index in [9.17, 15) is 13.2 Å². The van der Waals surface area contributed by atoms with Gasteiger partial charge >= 0.3 is 5.97 Å². The van der Waals surface area contributed by atoms with Crippen molar-refractivity contribution in [2.75, 3.05) is 5.75 Å². The molecule has 0 aromatic carbocycles. The van der Waals surface area contributed by atoms with Crippen molar-refractivity contribution in [3.63, 3.8) is 0 Å². The van der Waals surface area contributed by atoms with Gasteiger partial charge in [-0.25, -0.2) is 13.1 Å². The second-order valence-corrected chi connectivity index (χ2v) is 7.34. The molecule has 2 N–H and O–H groups in total. The number of hydrogen-bond acceptors (Lipinski definition) is 3. The molecule has 0 aliphatic heterocycles. The maximum atomic E-state index is 11.9. The molecular formula is C11H19NO4S. The maximum absolute atomic E-state index is 11.9. The van der Waals surface area contributed by atoms with Crippen molar-refractivity contribution in [3.05, 3.63) is 0 Å². The van der Waals surface area contributed by atoms with Gasteiger partial charge in [-0.2, -0.15) is 0 Å². The van der Waals surface area contributed by atoms with Crippen LogP contribution in [0.25, 0.3) is 0 Å². The maximum Gasteiger partial charge on any atom is 0.321 e. The van der Waals surface area contributed by atoms with Crippen molar-refractivity contribution in [2.24, 2.45) is 11.3 Å². The summed E-state index contributed by atoms with van der Waals surface area (Å²) < 4.78 is 26.1. The summed E-state index contributed by atoms with van der Waals surface area (Å²) in [6.45, 7) is 1.35. The number of rotatable bonds is 5. The van der Waals surface area contributed by atoms with Gasteiger partial charge in [0.15, 0.2) is 0 Å². The first-order chi connectivity index (χ1) is 7.82. The van der Waals surface area contributed by atoms with E-state index in [1.165, 1.54) is 6.92 Å². The lowest BCUT2D eigenvalue weighted by atomic mass is 9.87. The summed E-state index contributed by atoms with van der Waals surface area (Å²) in [6.07, 6.45) is 5.20. The Morgan fingerprint density at radius 2 is 2.06 bits per heavy atom. The smallest absolute Gasteiger partial charge is 0.321 e. The second-order valence-electron chi connectivity index (χ2n) is 5.58. The van der Waals surface area contributed by atoms with E-state index in [0.29, 0.717) is 5.92 Å². The SMILES string of the molecule is C[C@H](NS(=O)(=O)CC12CCC(CC1)C2)C(=O)O. The van der Waals surface area contributed by atoms with E-state index in [2.05, 4.69) is 4.72 Å². The molecule has 98 valence electrons. The predicted molar refractivity (Wildman–Crippen MR) is 63.0 cm³/mol. The minimum absolute atomic E-state index is 0.0747. The molecule has 0 unspecified atom stereocenters. The van der Waals surface area contributed by atoms with Gasteiger partial charge in [0.1, 0.15) is 6.04 Å². The number of sulfonamides is 1. The lowest BCUT2D eigenvalue weighted by molar-refractivity contribution is -0.138. The van der Waals surface area contributed by atoms with Crippen molar-refractivity contribution in [1.29, 1.82) is 0 Å². The molecule has 0 saturated heterocycles. The summed E-state index contributed by atoms with van der Waals surface area (Å²) in [5.74, 6) is -0.349. The second kappa shape index (κ2) is 4.24. The summed E-state index contributed by atoms with van der Waals surface area (Å²) in [6, 6.07) is -1.05. The van der Waals surface area contributed by atoms with Crippen LogP contribution in [0.1, 0.15) is 39.0 Å². The van der Waals surface area contributed by atoms with E-state index in [1.54, 1.807) is 0 Å². The van der Waals surface area contributed by atoms with Crippen LogP contribution >= 0.6 is 0 Å². The molecule has 6 heteroatoms. The van der Waals surface area contributed by atoms with Gasteiger partial charge < -0.3 is 5.11 Å². The van der Waals surface area contributed by atoms with Gasteiger partial charge in [0.25, 0.3) is 0 Å². The Bertz CT molecular complexity index is 409. The molecular weight excluding hydrogens is 242 g/mol. The van der Waals surface area contributed by atoms with E-state index in [1.807, 2.05) is 0 Å². The van der Waals surface area contributed by atoms with E-state index < -0.39 is 22.0 Å². The summed E-state index contributed by atoms with van der Waals surface area (Å²) in [5.41, 5.74) is -0.0747. The van der Waals surface area contributed by atoms with E-state index >= 15 is 0 Å². The molecule has 2 saturated carbocycles. The molecule has 2 bridgehead atoms. The number of aliphatic carboxylic acids is 1. The van der Waals surface area contributed by atoms with Crippen molar-refractivity contribution in [2.45, 2.75) is 45.1 Å². The van der Waals surface area contributed by atoms with Gasteiger partial charge in [-0.3, -0.25) is 4.79 Å². The zero-order chi connectivity index (χ0) is 12.7. The van der Waals surface area contributed by atoms with Crippen LogP contribution in [0, 0.1) is 11.3 Å². The van der Waals surface area contributed by atoms with Crippen molar-refractivity contribution < 1.29 is 18.3 Å². The first kappa shape index (κ1) is 12.8. The van der Waals surface area contributed by atoms with Crippen LogP contribution < -0.4 is 4.72 Å². The normalized spacial score (nSPS) is 33.8. The highest BCUT2D eigenvalue weighted by Gasteiger charge is 2.47. The Kier molecular flexibility index (Phi) is 3.20. The third-order valence-corrected chi connectivity index (χ3v) is 5.82. The monoisotopic (exact) mass is 261 g/mol. The fourth-order valence-corrected chi connectivity index (χ4v) is 5.21. The van der Waals surface area contributed by atoms with Crippen LogP contribution in [-0.4, -0.2) is 31.3 Å². The minimum atomic E-state index is -3.48. The molecule has 0 spiro atoms. The first-order valence-electron chi connectivity index (χ1n) is 6.05. The molecule has 0 aromatic rings.